The Balaban J connectivity index is 0.000000671. The lowest BCUT2D eigenvalue weighted by Gasteiger charge is -2.10. The summed E-state index contributed by atoms with van der Waals surface area (Å²) in [5.41, 5.74) is 11.9. The van der Waals surface area contributed by atoms with Gasteiger partial charge in [-0.2, -0.15) is 0 Å². The number of benzene rings is 1. The fraction of sp³-hybridized carbons (Fsp3) is 0.400. The van der Waals surface area contributed by atoms with Crippen molar-refractivity contribution < 1.29 is 0 Å². The van der Waals surface area contributed by atoms with Gasteiger partial charge in [0.1, 0.15) is 0 Å². The Morgan fingerprint density at radius 2 is 1.46 bits per heavy atom. The summed E-state index contributed by atoms with van der Waals surface area (Å²) in [5, 5.41) is 0. The monoisotopic (exact) mass is 355 g/mol. The van der Waals surface area contributed by atoms with Crippen molar-refractivity contribution in [3.05, 3.63) is 28.3 Å². The molecule has 0 radical (unpaired) electrons. The molecule has 74 valence electrons. The Labute approximate surface area is 100.0 Å². The highest BCUT2D eigenvalue weighted by Crippen LogP contribution is 2.22. The van der Waals surface area contributed by atoms with Gasteiger partial charge >= 0.3 is 0 Å². The number of rotatable bonds is 0. The zero-order valence-corrected chi connectivity index (χ0v) is 12.2. The first kappa shape index (κ1) is 13.2. The number of nitrogen functional groups attached to an aromatic ring is 1. The minimum Gasteiger partial charge on any atom is -0.398 e. The molecule has 1 aromatic rings. The van der Waals surface area contributed by atoms with Crippen LogP contribution in [0.15, 0.2) is 6.07 Å². The zero-order valence-electron chi connectivity index (χ0n) is 8.41. The summed E-state index contributed by atoms with van der Waals surface area (Å²) in [6.45, 7) is 8.42. The van der Waals surface area contributed by atoms with E-state index in [-0.39, 0.29) is 0 Å². The summed E-state index contributed by atoms with van der Waals surface area (Å²) < 4.78 is 0. The Morgan fingerprint density at radius 3 is 1.92 bits per heavy atom. The first-order valence-electron chi connectivity index (χ1n) is 4.01. The van der Waals surface area contributed by atoms with E-state index in [2.05, 4.69) is 40.4 Å². The van der Waals surface area contributed by atoms with Crippen molar-refractivity contribution in [1.82, 2.24) is 0 Å². The van der Waals surface area contributed by atoms with Crippen molar-refractivity contribution in [3.63, 3.8) is 0 Å². The Bertz CT molecular complexity index is 271. The second-order valence-corrected chi connectivity index (χ2v) is 3.16. The topological polar surface area (TPSA) is 26.0 Å². The number of anilines is 1. The summed E-state index contributed by atoms with van der Waals surface area (Å²) in [4.78, 5) is 0. The highest BCUT2D eigenvalue weighted by atomic mass is 127. The lowest BCUT2D eigenvalue weighted by molar-refractivity contribution is 1.22. The predicted octanol–water partition coefficient (Wildman–Crippen LogP) is 4.23. The van der Waals surface area contributed by atoms with E-state index in [4.69, 9.17) is 5.73 Å². The van der Waals surface area contributed by atoms with Gasteiger partial charge in [-0.15, -0.1) is 0 Å². The Kier molecular flexibility index (Phi) is 5.96. The summed E-state index contributed by atoms with van der Waals surface area (Å²) in [5.74, 6) is 0. The smallest absolute Gasteiger partial charge is 0.0349 e. The van der Waals surface area contributed by atoms with Crippen molar-refractivity contribution in [2.75, 3.05) is 5.73 Å². The van der Waals surface area contributed by atoms with Crippen LogP contribution in [-0.2, 0) is 0 Å². The van der Waals surface area contributed by atoms with Crippen LogP contribution in [0.1, 0.15) is 22.3 Å². The first-order valence-corrected chi connectivity index (χ1v) is 8.85. The number of hydrogen-bond acceptors (Lipinski definition) is 1. The van der Waals surface area contributed by atoms with Gasteiger partial charge in [0.25, 0.3) is 0 Å². The maximum absolute atomic E-state index is 5.79. The Hall–Kier alpha value is 0.230. The van der Waals surface area contributed by atoms with Gasteiger partial charge in [0, 0.05) is 26.1 Å². The largest absolute Gasteiger partial charge is 0.398 e. The molecule has 2 N–H and O–H groups in total. The minimum absolute atomic E-state index is 0.908. The molecule has 1 nitrogen and oxygen atoms in total. The molecule has 0 saturated carbocycles. The van der Waals surface area contributed by atoms with E-state index in [0.717, 1.165) is 5.69 Å². The van der Waals surface area contributed by atoms with Gasteiger partial charge in [-0.05, 0) is 68.7 Å². The molecule has 0 aromatic heterocycles. The maximum atomic E-state index is 5.79. The van der Waals surface area contributed by atoms with E-state index in [1.54, 1.807) is 0 Å². The molecular weight excluding hydrogens is 341 g/mol. The Morgan fingerprint density at radius 1 is 1.00 bits per heavy atom. The zero-order chi connectivity index (χ0) is 10.6. The molecule has 0 fully saturated rings. The van der Waals surface area contributed by atoms with E-state index >= 15 is 0 Å². The second kappa shape index (κ2) is 5.86. The minimum atomic E-state index is 0.908. The third-order valence-electron chi connectivity index (χ3n) is 2.52. The van der Waals surface area contributed by atoms with Gasteiger partial charge in [0.05, 0.1) is 0 Å². The lowest BCUT2D eigenvalue weighted by atomic mass is 9.98. The van der Waals surface area contributed by atoms with Crippen LogP contribution in [0, 0.1) is 27.7 Å². The molecule has 0 aliphatic rings. The fourth-order valence-corrected chi connectivity index (χ4v) is 1.24. The number of aryl methyl sites for hydroxylation is 1. The first-order chi connectivity index (χ1) is 6.04. The fourth-order valence-electron chi connectivity index (χ4n) is 1.24. The molecule has 1 aromatic carbocycles. The molecule has 1 rings (SSSR count). The van der Waals surface area contributed by atoms with Crippen molar-refractivity contribution >= 4 is 38.7 Å². The molecule has 0 aliphatic carbocycles. The van der Waals surface area contributed by atoms with Crippen LogP contribution in [0.5, 0.6) is 0 Å². The summed E-state index contributed by atoms with van der Waals surface area (Å²) in [6, 6.07) is 2.04. The third-order valence-corrected chi connectivity index (χ3v) is 2.52. The van der Waals surface area contributed by atoms with Crippen LogP contribution in [0.3, 0.4) is 0 Å². The van der Waals surface area contributed by atoms with Gasteiger partial charge in [0.2, 0.25) is 0 Å². The number of hydrogen-bond donors (Lipinski definition) is 1. The van der Waals surface area contributed by atoms with Gasteiger partial charge in [-0.1, -0.05) is 0 Å². The van der Waals surface area contributed by atoms with E-state index in [9.17, 15) is 0 Å². The number of halogens is 2. The average molecular weight is 356 g/mol. The maximum Gasteiger partial charge on any atom is 0.0349 e. The molecule has 0 unspecified atom stereocenters. The quantitative estimate of drug-likeness (QED) is 0.546. The SMILES string of the molecule is BrI.Cc1cc(N)c(C)c(C)c1C. The van der Waals surface area contributed by atoms with E-state index < -0.39 is 0 Å². The van der Waals surface area contributed by atoms with Crippen LogP contribution in [0.4, 0.5) is 5.69 Å². The summed E-state index contributed by atoms with van der Waals surface area (Å²) in [7, 11) is 0. The molecule has 0 heterocycles. The molecule has 0 aliphatic heterocycles. The second-order valence-electron chi connectivity index (χ2n) is 3.16. The molecule has 0 saturated heterocycles. The standard InChI is InChI=1S/C10H15N.BrI/c1-6-5-10(11)9(4)8(3)7(6)2;1-2/h5H,11H2,1-4H3;. The third kappa shape index (κ3) is 3.13. The highest BCUT2D eigenvalue weighted by Gasteiger charge is 2.02. The van der Waals surface area contributed by atoms with Crippen molar-refractivity contribution in [3.8, 4) is 0 Å². The molecule has 0 bridgehead atoms. The average Bonchev–Trinajstić information content (AvgIpc) is 2.15. The van der Waals surface area contributed by atoms with Crippen LogP contribution < -0.4 is 5.73 Å². The predicted molar refractivity (Wildman–Crippen MR) is 72.7 cm³/mol. The van der Waals surface area contributed by atoms with Gasteiger partial charge in [-0.3, -0.25) is 0 Å². The summed E-state index contributed by atoms with van der Waals surface area (Å²) in [6.07, 6.45) is 0. The van der Waals surface area contributed by atoms with Gasteiger partial charge in [0.15, 0.2) is 0 Å². The normalized spacial score (nSPS) is 9.08. The van der Waals surface area contributed by atoms with Crippen molar-refractivity contribution in [1.29, 1.82) is 0 Å². The summed E-state index contributed by atoms with van der Waals surface area (Å²) >= 11 is 4.87. The van der Waals surface area contributed by atoms with Gasteiger partial charge < -0.3 is 5.73 Å². The van der Waals surface area contributed by atoms with Gasteiger partial charge in [-0.25, -0.2) is 0 Å². The molecular formula is C10H15BrIN. The molecule has 0 amide bonds. The van der Waals surface area contributed by atoms with Crippen molar-refractivity contribution in [2.24, 2.45) is 0 Å². The van der Waals surface area contributed by atoms with Crippen LogP contribution in [0.2, 0.25) is 0 Å². The van der Waals surface area contributed by atoms with E-state index in [0.29, 0.717) is 0 Å². The number of nitrogens with two attached hydrogens (primary N) is 1. The van der Waals surface area contributed by atoms with Crippen molar-refractivity contribution in [2.45, 2.75) is 27.7 Å². The van der Waals surface area contributed by atoms with Crippen LogP contribution >= 0.6 is 33.1 Å². The van der Waals surface area contributed by atoms with Crippen LogP contribution in [-0.4, -0.2) is 0 Å². The highest BCUT2D eigenvalue weighted by molar-refractivity contribution is 14.2. The molecule has 0 atom stereocenters. The molecule has 3 heteroatoms. The van der Waals surface area contributed by atoms with E-state index in [1.165, 1.54) is 22.3 Å². The molecule has 0 spiro atoms. The lowest BCUT2D eigenvalue weighted by Crippen LogP contribution is -1.96. The van der Waals surface area contributed by atoms with E-state index in [1.807, 2.05) is 26.4 Å². The van der Waals surface area contributed by atoms with Crippen LogP contribution in [0.25, 0.3) is 0 Å². The molecule has 13 heavy (non-hydrogen) atoms.